The third-order valence-corrected chi connectivity index (χ3v) is 3.65. The van der Waals surface area contributed by atoms with E-state index in [9.17, 15) is 9.90 Å². The van der Waals surface area contributed by atoms with Crippen LogP contribution in [-0.2, 0) is 14.3 Å². The lowest BCUT2D eigenvalue weighted by molar-refractivity contribution is -0.189. The summed E-state index contributed by atoms with van der Waals surface area (Å²) in [6, 6.07) is 0. The largest absolute Gasteiger partial charge is 0.458 e. The summed E-state index contributed by atoms with van der Waals surface area (Å²) in [4.78, 5) is 11.5. The standard InChI is InChI=1S/C13H24O4/c1-8(2)10-6-5-9(3)7-11(10)17-13(15)12(14)16-4/h8-12,14H,5-7H2,1-4H3. The van der Waals surface area contributed by atoms with Crippen LogP contribution in [0, 0.1) is 17.8 Å². The summed E-state index contributed by atoms with van der Waals surface area (Å²) in [5, 5.41) is 9.25. The molecule has 1 fully saturated rings. The van der Waals surface area contributed by atoms with E-state index in [1.165, 1.54) is 13.5 Å². The topological polar surface area (TPSA) is 55.8 Å². The average molecular weight is 244 g/mol. The van der Waals surface area contributed by atoms with Crippen molar-refractivity contribution < 1.29 is 19.4 Å². The predicted molar refractivity (Wildman–Crippen MR) is 64.2 cm³/mol. The maximum Gasteiger partial charge on any atom is 0.363 e. The summed E-state index contributed by atoms with van der Waals surface area (Å²) in [6.45, 7) is 6.46. The van der Waals surface area contributed by atoms with Crippen LogP contribution in [0.5, 0.6) is 0 Å². The molecule has 17 heavy (non-hydrogen) atoms. The molecule has 4 unspecified atom stereocenters. The Morgan fingerprint density at radius 1 is 1.35 bits per heavy atom. The van der Waals surface area contributed by atoms with E-state index >= 15 is 0 Å². The Morgan fingerprint density at radius 3 is 2.53 bits per heavy atom. The highest BCUT2D eigenvalue weighted by Crippen LogP contribution is 2.35. The Kier molecular flexibility index (Phi) is 5.40. The van der Waals surface area contributed by atoms with Gasteiger partial charge < -0.3 is 14.6 Å². The van der Waals surface area contributed by atoms with Gasteiger partial charge in [-0.1, -0.05) is 27.2 Å². The number of aliphatic hydroxyl groups is 1. The van der Waals surface area contributed by atoms with E-state index in [-0.39, 0.29) is 6.10 Å². The fourth-order valence-electron chi connectivity index (χ4n) is 2.55. The van der Waals surface area contributed by atoms with Gasteiger partial charge in [-0.05, 0) is 30.6 Å². The number of methoxy groups -OCH3 is 1. The average Bonchev–Trinajstić information content (AvgIpc) is 2.27. The molecule has 0 aliphatic heterocycles. The van der Waals surface area contributed by atoms with Crippen LogP contribution < -0.4 is 0 Å². The molecule has 0 heterocycles. The Morgan fingerprint density at radius 2 is 2.00 bits per heavy atom. The van der Waals surface area contributed by atoms with Gasteiger partial charge in [0, 0.05) is 7.11 Å². The van der Waals surface area contributed by atoms with Crippen molar-refractivity contribution >= 4 is 5.97 Å². The Balaban J connectivity index is 2.60. The fraction of sp³-hybridized carbons (Fsp3) is 0.923. The zero-order valence-electron chi connectivity index (χ0n) is 11.2. The van der Waals surface area contributed by atoms with Gasteiger partial charge in [-0.3, -0.25) is 0 Å². The first kappa shape index (κ1) is 14.5. The molecule has 100 valence electrons. The summed E-state index contributed by atoms with van der Waals surface area (Å²) in [5.41, 5.74) is 0. The molecule has 0 aromatic heterocycles. The van der Waals surface area contributed by atoms with Crippen molar-refractivity contribution in [3.05, 3.63) is 0 Å². The zero-order valence-corrected chi connectivity index (χ0v) is 11.2. The second-order valence-electron chi connectivity index (χ2n) is 5.39. The Labute approximate surface area is 103 Å². The van der Waals surface area contributed by atoms with Gasteiger partial charge in [0.05, 0.1) is 0 Å². The monoisotopic (exact) mass is 244 g/mol. The lowest BCUT2D eigenvalue weighted by Crippen LogP contribution is -2.38. The lowest BCUT2D eigenvalue weighted by atomic mass is 9.75. The minimum atomic E-state index is -1.46. The summed E-state index contributed by atoms with van der Waals surface area (Å²) in [5.74, 6) is 0.777. The molecule has 1 aliphatic carbocycles. The van der Waals surface area contributed by atoms with Gasteiger partial charge in [0.15, 0.2) is 0 Å². The van der Waals surface area contributed by atoms with Crippen molar-refractivity contribution in [2.75, 3.05) is 7.11 Å². The summed E-state index contributed by atoms with van der Waals surface area (Å²) in [7, 11) is 1.29. The van der Waals surface area contributed by atoms with Gasteiger partial charge in [-0.15, -0.1) is 0 Å². The third-order valence-electron chi connectivity index (χ3n) is 3.65. The summed E-state index contributed by atoms with van der Waals surface area (Å²) < 4.78 is 9.93. The van der Waals surface area contributed by atoms with Crippen LogP contribution in [0.4, 0.5) is 0 Å². The maximum absolute atomic E-state index is 11.5. The summed E-state index contributed by atoms with van der Waals surface area (Å²) in [6.07, 6.45) is 1.60. The molecule has 1 N–H and O–H groups in total. The van der Waals surface area contributed by atoms with E-state index in [1.807, 2.05) is 0 Å². The van der Waals surface area contributed by atoms with Crippen LogP contribution in [0.1, 0.15) is 40.0 Å². The first-order chi connectivity index (χ1) is 7.95. The van der Waals surface area contributed by atoms with E-state index < -0.39 is 12.3 Å². The van der Waals surface area contributed by atoms with Crippen LogP contribution in [0.3, 0.4) is 0 Å². The highest BCUT2D eigenvalue weighted by Gasteiger charge is 2.34. The third kappa shape index (κ3) is 3.96. The number of hydrogen-bond acceptors (Lipinski definition) is 4. The first-order valence-corrected chi connectivity index (χ1v) is 6.37. The van der Waals surface area contributed by atoms with E-state index in [1.54, 1.807) is 0 Å². The van der Waals surface area contributed by atoms with Crippen LogP contribution in [0.25, 0.3) is 0 Å². The highest BCUT2D eigenvalue weighted by molar-refractivity contribution is 5.73. The van der Waals surface area contributed by atoms with Crippen LogP contribution >= 0.6 is 0 Å². The van der Waals surface area contributed by atoms with Crippen LogP contribution in [0.15, 0.2) is 0 Å². The Hall–Kier alpha value is -0.610. The smallest absolute Gasteiger partial charge is 0.363 e. The van der Waals surface area contributed by atoms with E-state index in [2.05, 4.69) is 25.5 Å². The number of aliphatic hydroxyl groups excluding tert-OH is 1. The van der Waals surface area contributed by atoms with Crippen molar-refractivity contribution in [3.63, 3.8) is 0 Å². The number of rotatable bonds is 4. The second kappa shape index (κ2) is 6.36. The number of carbonyl (C=O) groups excluding carboxylic acids is 1. The Bertz CT molecular complexity index is 252. The minimum Gasteiger partial charge on any atom is -0.458 e. The number of esters is 1. The molecule has 4 nitrogen and oxygen atoms in total. The van der Waals surface area contributed by atoms with Gasteiger partial charge in [0.25, 0.3) is 6.29 Å². The van der Waals surface area contributed by atoms with E-state index in [0.29, 0.717) is 17.8 Å². The molecule has 1 rings (SSSR count). The van der Waals surface area contributed by atoms with E-state index in [0.717, 1.165) is 12.8 Å². The molecule has 1 aliphatic rings. The van der Waals surface area contributed by atoms with Crippen molar-refractivity contribution in [1.82, 2.24) is 0 Å². The molecule has 0 aromatic carbocycles. The second-order valence-corrected chi connectivity index (χ2v) is 5.39. The van der Waals surface area contributed by atoms with Gasteiger partial charge in [-0.25, -0.2) is 4.79 Å². The molecule has 0 spiro atoms. The van der Waals surface area contributed by atoms with E-state index in [4.69, 9.17) is 4.74 Å². The molecule has 0 aromatic rings. The molecule has 4 atom stereocenters. The fourth-order valence-corrected chi connectivity index (χ4v) is 2.55. The molecule has 1 saturated carbocycles. The van der Waals surface area contributed by atoms with Crippen molar-refractivity contribution in [1.29, 1.82) is 0 Å². The van der Waals surface area contributed by atoms with Gasteiger partial charge >= 0.3 is 5.97 Å². The SMILES string of the molecule is COC(O)C(=O)OC1CC(C)CCC1C(C)C. The molecule has 0 saturated heterocycles. The van der Waals surface area contributed by atoms with Crippen molar-refractivity contribution in [2.24, 2.45) is 17.8 Å². The summed E-state index contributed by atoms with van der Waals surface area (Å²) >= 11 is 0. The molecular weight excluding hydrogens is 220 g/mol. The van der Waals surface area contributed by atoms with Crippen LogP contribution in [-0.4, -0.2) is 30.6 Å². The van der Waals surface area contributed by atoms with Gasteiger partial charge in [-0.2, -0.15) is 0 Å². The normalized spacial score (nSPS) is 31.3. The predicted octanol–water partition coefficient (Wildman–Crippen LogP) is 1.96. The zero-order chi connectivity index (χ0) is 13.0. The molecule has 0 radical (unpaired) electrons. The quantitative estimate of drug-likeness (QED) is 0.606. The minimum absolute atomic E-state index is 0.0870. The molecule has 0 amide bonds. The maximum atomic E-state index is 11.5. The lowest BCUT2D eigenvalue weighted by Gasteiger charge is -2.36. The van der Waals surface area contributed by atoms with Crippen LogP contribution in [0.2, 0.25) is 0 Å². The van der Waals surface area contributed by atoms with Crippen molar-refractivity contribution in [2.45, 2.75) is 52.4 Å². The van der Waals surface area contributed by atoms with Gasteiger partial charge in [0.1, 0.15) is 6.10 Å². The van der Waals surface area contributed by atoms with Gasteiger partial charge in [0.2, 0.25) is 0 Å². The molecule has 0 bridgehead atoms. The first-order valence-electron chi connectivity index (χ1n) is 6.37. The highest BCUT2D eigenvalue weighted by atomic mass is 16.6. The molecule has 4 heteroatoms. The number of carbonyl (C=O) groups is 1. The number of hydrogen-bond donors (Lipinski definition) is 1. The molecular formula is C13H24O4. The van der Waals surface area contributed by atoms with Crippen molar-refractivity contribution in [3.8, 4) is 0 Å². The number of ether oxygens (including phenoxy) is 2.